The van der Waals surface area contributed by atoms with Crippen LogP contribution >= 0.6 is 0 Å². The highest BCUT2D eigenvalue weighted by molar-refractivity contribution is 5.92. The summed E-state index contributed by atoms with van der Waals surface area (Å²) in [5.74, 6) is 0.0998. The van der Waals surface area contributed by atoms with Gasteiger partial charge < -0.3 is 9.84 Å². The normalized spacial score (nSPS) is 37.9. The van der Waals surface area contributed by atoms with E-state index in [1.54, 1.807) is 6.08 Å². The van der Waals surface area contributed by atoms with Gasteiger partial charge in [0.25, 0.3) is 0 Å². The van der Waals surface area contributed by atoms with E-state index >= 15 is 0 Å². The molecule has 16 heavy (non-hydrogen) atoms. The van der Waals surface area contributed by atoms with Crippen molar-refractivity contribution in [1.82, 2.24) is 0 Å². The molecule has 0 bridgehead atoms. The van der Waals surface area contributed by atoms with E-state index in [-0.39, 0.29) is 23.9 Å². The molecule has 0 aromatic rings. The summed E-state index contributed by atoms with van der Waals surface area (Å²) in [5.41, 5.74) is 0.120. The van der Waals surface area contributed by atoms with Crippen LogP contribution in [0.2, 0.25) is 0 Å². The first kappa shape index (κ1) is 11.8. The lowest BCUT2D eigenvalue weighted by Crippen LogP contribution is -2.50. The monoisotopic (exact) mass is 224 g/mol. The third-order valence-electron chi connectivity index (χ3n) is 4.04. The maximum absolute atomic E-state index is 11.6. The summed E-state index contributed by atoms with van der Waals surface area (Å²) in [6.45, 7) is 6.09. The average molecular weight is 224 g/mol. The zero-order chi connectivity index (χ0) is 12.0. The highest BCUT2D eigenvalue weighted by atomic mass is 16.5. The van der Waals surface area contributed by atoms with E-state index in [4.69, 9.17) is 4.74 Å². The van der Waals surface area contributed by atoms with Crippen LogP contribution in [0.15, 0.2) is 11.6 Å². The Labute approximate surface area is 96.5 Å². The summed E-state index contributed by atoms with van der Waals surface area (Å²) in [7, 11) is 0. The van der Waals surface area contributed by atoms with Crippen molar-refractivity contribution in [3.8, 4) is 0 Å². The quantitative estimate of drug-likeness (QED) is 0.739. The van der Waals surface area contributed by atoms with Crippen LogP contribution in [0.1, 0.15) is 40.0 Å². The molecular formula is C13H20O3. The fourth-order valence-electron chi connectivity index (χ4n) is 3.15. The van der Waals surface area contributed by atoms with Crippen molar-refractivity contribution in [2.75, 3.05) is 6.61 Å². The molecule has 0 aromatic heterocycles. The predicted octanol–water partition coefficient (Wildman–Crippen LogP) is 1.84. The molecule has 3 heteroatoms. The van der Waals surface area contributed by atoms with Gasteiger partial charge in [0.15, 0.2) is 5.78 Å². The Morgan fingerprint density at radius 3 is 2.75 bits per heavy atom. The number of hydrogen-bond donors (Lipinski definition) is 1. The molecular weight excluding hydrogens is 204 g/mol. The Kier molecular flexibility index (Phi) is 2.71. The van der Waals surface area contributed by atoms with Crippen molar-refractivity contribution in [2.24, 2.45) is 5.41 Å². The van der Waals surface area contributed by atoms with Crippen LogP contribution in [0.5, 0.6) is 0 Å². The molecule has 2 rings (SSSR count). The summed E-state index contributed by atoms with van der Waals surface area (Å²) in [6.07, 6.45) is 4.20. The number of allylic oxidation sites excluding steroid dienone is 1. The van der Waals surface area contributed by atoms with Gasteiger partial charge in [0, 0.05) is 11.8 Å². The molecule has 0 saturated carbocycles. The standard InChI is InChI=1S/C13H20O3/c1-9-4-5-13(16-9)10(8-14)6-11(15)7-12(13,2)3/h6,9,14H,4-5,7-8H2,1-3H3/t9-,13-/m0/s1. The van der Waals surface area contributed by atoms with E-state index in [0.29, 0.717) is 6.42 Å². The van der Waals surface area contributed by atoms with Gasteiger partial charge in [0.1, 0.15) is 0 Å². The highest BCUT2D eigenvalue weighted by Gasteiger charge is 2.55. The molecule has 1 aliphatic heterocycles. The van der Waals surface area contributed by atoms with E-state index in [1.165, 1.54) is 0 Å². The van der Waals surface area contributed by atoms with Gasteiger partial charge in [0.2, 0.25) is 0 Å². The molecule has 0 amide bonds. The highest BCUT2D eigenvalue weighted by Crippen LogP contribution is 2.52. The number of ether oxygens (including phenoxy) is 1. The molecule has 1 aliphatic carbocycles. The van der Waals surface area contributed by atoms with Gasteiger partial charge in [-0.2, -0.15) is 0 Å². The minimum Gasteiger partial charge on any atom is -0.392 e. The lowest BCUT2D eigenvalue weighted by atomic mass is 9.63. The van der Waals surface area contributed by atoms with Gasteiger partial charge in [-0.15, -0.1) is 0 Å². The number of aliphatic hydroxyl groups excluding tert-OH is 1. The van der Waals surface area contributed by atoms with Crippen LogP contribution in [-0.4, -0.2) is 29.2 Å². The third-order valence-corrected chi connectivity index (χ3v) is 4.04. The third kappa shape index (κ3) is 1.54. The van der Waals surface area contributed by atoms with Crippen LogP contribution in [-0.2, 0) is 9.53 Å². The van der Waals surface area contributed by atoms with Crippen LogP contribution in [0.4, 0.5) is 0 Å². The minimum absolute atomic E-state index is 0.0815. The SMILES string of the molecule is C[C@H]1CC[C@]2(O1)C(CO)=CC(=O)CC2(C)C. The molecule has 1 spiro atoms. The summed E-state index contributed by atoms with van der Waals surface area (Å²) in [6, 6.07) is 0. The Morgan fingerprint density at radius 2 is 2.25 bits per heavy atom. The van der Waals surface area contributed by atoms with Gasteiger partial charge in [0.05, 0.1) is 18.3 Å². The Hall–Kier alpha value is -0.670. The summed E-state index contributed by atoms with van der Waals surface area (Å²) < 4.78 is 6.08. The number of carbonyl (C=O) groups excluding carboxylic acids is 1. The molecule has 1 saturated heterocycles. The molecule has 90 valence electrons. The first-order valence-corrected chi connectivity index (χ1v) is 5.94. The topological polar surface area (TPSA) is 46.5 Å². The van der Waals surface area contributed by atoms with Gasteiger partial charge in [-0.3, -0.25) is 4.79 Å². The van der Waals surface area contributed by atoms with Crippen LogP contribution < -0.4 is 0 Å². The molecule has 1 N–H and O–H groups in total. The predicted molar refractivity (Wildman–Crippen MR) is 61.1 cm³/mol. The van der Waals surface area contributed by atoms with Crippen molar-refractivity contribution in [2.45, 2.75) is 51.7 Å². The molecule has 2 atom stereocenters. The second-order valence-corrected chi connectivity index (χ2v) is 5.65. The maximum atomic E-state index is 11.6. The van der Waals surface area contributed by atoms with Gasteiger partial charge >= 0.3 is 0 Å². The smallest absolute Gasteiger partial charge is 0.156 e. The Balaban J connectivity index is 2.46. The number of aliphatic hydroxyl groups is 1. The van der Waals surface area contributed by atoms with E-state index in [1.807, 2.05) is 0 Å². The first-order chi connectivity index (χ1) is 7.41. The summed E-state index contributed by atoms with van der Waals surface area (Å²) >= 11 is 0. The van der Waals surface area contributed by atoms with Gasteiger partial charge in [-0.1, -0.05) is 13.8 Å². The second kappa shape index (κ2) is 3.67. The van der Waals surface area contributed by atoms with E-state index in [0.717, 1.165) is 18.4 Å². The lowest BCUT2D eigenvalue weighted by molar-refractivity contribution is -0.130. The average Bonchev–Trinajstić information content (AvgIpc) is 2.56. The van der Waals surface area contributed by atoms with Gasteiger partial charge in [-0.05, 0) is 31.4 Å². The van der Waals surface area contributed by atoms with Crippen molar-refractivity contribution in [1.29, 1.82) is 0 Å². The van der Waals surface area contributed by atoms with Crippen LogP contribution in [0, 0.1) is 5.41 Å². The lowest BCUT2D eigenvalue weighted by Gasteiger charge is -2.47. The van der Waals surface area contributed by atoms with Crippen LogP contribution in [0.3, 0.4) is 0 Å². The second-order valence-electron chi connectivity index (χ2n) is 5.65. The van der Waals surface area contributed by atoms with Crippen molar-refractivity contribution >= 4 is 5.78 Å². The van der Waals surface area contributed by atoms with Crippen molar-refractivity contribution in [3.63, 3.8) is 0 Å². The van der Waals surface area contributed by atoms with E-state index < -0.39 is 5.60 Å². The fourth-order valence-corrected chi connectivity index (χ4v) is 3.15. The Morgan fingerprint density at radius 1 is 1.56 bits per heavy atom. The van der Waals surface area contributed by atoms with Crippen molar-refractivity contribution in [3.05, 3.63) is 11.6 Å². The molecule has 1 heterocycles. The Bertz CT molecular complexity index is 343. The molecule has 2 aliphatic rings. The fraction of sp³-hybridized carbons (Fsp3) is 0.769. The summed E-state index contributed by atoms with van der Waals surface area (Å²) in [4.78, 5) is 11.6. The van der Waals surface area contributed by atoms with E-state index in [2.05, 4.69) is 20.8 Å². The zero-order valence-corrected chi connectivity index (χ0v) is 10.2. The minimum atomic E-state index is -0.422. The number of rotatable bonds is 1. The number of hydrogen-bond acceptors (Lipinski definition) is 3. The molecule has 0 radical (unpaired) electrons. The maximum Gasteiger partial charge on any atom is 0.156 e. The molecule has 0 unspecified atom stereocenters. The first-order valence-electron chi connectivity index (χ1n) is 5.94. The molecule has 0 aromatic carbocycles. The van der Waals surface area contributed by atoms with Gasteiger partial charge in [-0.25, -0.2) is 0 Å². The molecule has 1 fully saturated rings. The number of ketones is 1. The summed E-state index contributed by atoms with van der Waals surface area (Å²) in [5, 5.41) is 9.45. The molecule has 3 nitrogen and oxygen atoms in total. The number of carbonyl (C=O) groups is 1. The van der Waals surface area contributed by atoms with Crippen molar-refractivity contribution < 1.29 is 14.6 Å². The van der Waals surface area contributed by atoms with Crippen LogP contribution in [0.25, 0.3) is 0 Å². The van der Waals surface area contributed by atoms with E-state index in [9.17, 15) is 9.90 Å². The zero-order valence-electron chi connectivity index (χ0n) is 10.2. The largest absolute Gasteiger partial charge is 0.392 e.